The van der Waals surface area contributed by atoms with Crippen LogP contribution >= 0.6 is 11.9 Å². The molecule has 2 amide bonds. The third kappa shape index (κ3) is 4.27. The lowest BCUT2D eigenvalue weighted by Gasteiger charge is -2.10. The van der Waals surface area contributed by atoms with Gasteiger partial charge in [0.05, 0.1) is 29.5 Å². The van der Waals surface area contributed by atoms with Crippen molar-refractivity contribution >= 4 is 35.8 Å². The van der Waals surface area contributed by atoms with Crippen LogP contribution in [0.5, 0.6) is 11.5 Å². The summed E-state index contributed by atoms with van der Waals surface area (Å²) in [5, 5.41) is 7.21. The summed E-state index contributed by atoms with van der Waals surface area (Å²) in [6, 6.07) is 6.48. The second-order valence-corrected chi connectivity index (χ2v) is 6.83. The van der Waals surface area contributed by atoms with Gasteiger partial charge < -0.3 is 25.5 Å². The number of aromatic amines is 1. The Bertz CT molecular complexity index is 1120. The molecule has 0 radical (unpaired) electrons. The second-order valence-electron chi connectivity index (χ2n) is 6.12. The Hall–Kier alpha value is -3.80. The molecule has 1 aliphatic heterocycles. The van der Waals surface area contributed by atoms with Crippen LogP contribution in [0.3, 0.4) is 0 Å². The van der Waals surface area contributed by atoms with Gasteiger partial charge in [0.15, 0.2) is 11.5 Å². The lowest BCUT2D eigenvalue weighted by Crippen LogP contribution is -2.25. The lowest BCUT2D eigenvalue weighted by molar-refractivity contribution is 0.174. The minimum atomic E-state index is -0.684. The van der Waals surface area contributed by atoms with Crippen molar-refractivity contribution in [3.8, 4) is 22.9 Å². The van der Waals surface area contributed by atoms with Crippen molar-refractivity contribution in [2.75, 3.05) is 18.4 Å². The van der Waals surface area contributed by atoms with E-state index in [0.29, 0.717) is 28.8 Å². The third-order valence-corrected chi connectivity index (χ3v) is 4.63. The van der Waals surface area contributed by atoms with E-state index in [1.165, 1.54) is 6.21 Å². The molecule has 0 aliphatic carbocycles. The number of nitrogens with zero attached hydrogens (tertiary/aromatic N) is 5. The maximum atomic E-state index is 11.4. The second kappa shape index (κ2) is 8.29. The van der Waals surface area contributed by atoms with Gasteiger partial charge in [0.25, 0.3) is 0 Å². The number of nitrogens with one attached hydrogen (secondary N) is 2. The molecule has 0 atom stereocenters. The van der Waals surface area contributed by atoms with Crippen molar-refractivity contribution in [2.24, 2.45) is 10.8 Å². The number of carbonyl (C=O) groups excluding carboxylic acids is 1. The molecule has 0 saturated carbocycles. The maximum Gasteiger partial charge on any atom is 0.345 e. The Morgan fingerprint density at radius 3 is 2.90 bits per heavy atom. The smallest absolute Gasteiger partial charge is 0.345 e. The van der Waals surface area contributed by atoms with Gasteiger partial charge in [-0.2, -0.15) is 9.52 Å². The van der Waals surface area contributed by atoms with Crippen LogP contribution in [-0.4, -0.2) is 49.6 Å². The van der Waals surface area contributed by atoms with E-state index in [9.17, 15) is 4.79 Å². The Balaban J connectivity index is 1.68. The van der Waals surface area contributed by atoms with Crippen LogP contribution in [0.15, 0.2) is 35.6 Å². The predicted molar refractivity (Wildman–Crippen MR) is 113 cm³/mol. The van der Waals surface area contributed by atoms with E-state index in [1.54, 1.807) is 30.7 Å². The fourth-order valence-corrected chi connectivity index (χ4v) is 3.01. The quantitative estimate of drug-likeness (QED) is 0.310. The molecule has 12 heteroatoms. The number of hydrogen-bond donors (Lipinski definition) is 3. The van der Waals surface area contributed by atoms with Gasteiger partial charge in [0.1, 0.15) is 5.82 Å². The molecule has 154 valence electrons. The van der Waals surface area contributed by atoms with Crippen LogP contribution in [0.25, 0.3) is 11.4 Å². The summed E-state index contributed by atoms with van der Waals surface area (Å²) in [4.78, 5) is 27.7. The molecule has 1 aromatic carbocycles. The highest BCUT2D eigenvalue weighted by atomic mass is 32.2. The Morgan fingerprint density at radius 1 is 1.33 bits per heavy atom. The zero-order valence-corrected chi connectivity index (χ0v) is 16.9. The number of urea groups is 1. The van der Waals surface area contributed by atoms with E-state index < -0.39 is 6.03 Å². The molecule has 11 nitrogen and oxygen atoms in total. The SMILES string of the molecule is CSN(/N=C/c1cc(-c2cnc(C)[nH]2)nc(Nc2ccc3c(c2)OCO3)n1)C(N)=O. The highest BCUT2D eigenvalue weighted by Crippen LogP contribution is 2.35. The van der Waals surface area contributed by atoms with Crippen molar-refractivity contribution in [3.63, 3.8) is 0 Å². The number of imidazole rings is 1. The zero-order valence-electron chi connectivity index (χ0n) is 16.1. The fourth-order valence-electron chi connectivity index (χ4n) is 2.69. The van der Waals surface area contributed by atoms with Gasteiger partial charge in [-0.1, -0.05) is 0 Å². The molecule has 4 rings (SSSR count). The van der Waals surface area contributed by atoms with Crippen LogP contribution in [0, 0.1) is 6.92 Å². The lowest BCUT2D eigenvalue weighted by atomic mass is 10.2. The molecule has 2 aromatic heterocycles. The number of nitrogens with two attached hydrogens (primary N) is 1. The van der Waals surface area contributed by atoms with Crippen molar-refractivity contribution in [3.05, 3.63) is 42.0 Å². The molecule has 3 aromatic rings. The van der Waals surface area contributed by atoms with E-state index >= 15 is 0 Å². The molecule has 0 bridgehead atoms. The number of aromatic nitrogens is 4. The largest absolute Gasteiger partial charge is 0.454 e. The molecular formula is C18H18N8O3S. The number of anilines is 2. The van der Waals surface area contributed by atoms with Crippen molar-refractivity contribution in [1.29, 1.82) is 0 Å². The first-order chi connectivity index (χ1) is 14.5. The normalized spacial score (nSPS) is 12.3. The Labute approximate surface area is 175 Å². The topological polar surface area (TPSA) is 144 Å². The summed E-state index contributed by atoms with van der Waals surface area (Å²) in [7, 11) is 0. The van der Waals surface area contributed by atoms with Crippen LogP contribution in [0.1, 0.15) is 11.5 Å². The van der Waals surface area contributed by atoms with Crippen molar-refractivity contribution in [1.82, 2.24) is 24.4 Å². The highest BCUT2D eigenvalue weighted by molar-refractivity contribution is 7.96. The summed E-state index contributed by atoms with van der Waals surface area (Å²) in [5.74, 6) is 2.40. The molecular weight excluding hydrogens is 408 g/mol. The third-order valence-electron chi connectivity index (χ3n) is 4.01. The van der Waals surface area contributed by atoms with E-state index in [0.717, 1.165) is 33.6 Å². The number of rotatable bonds is 6. The molecule has 0 unspecified atom stereocenters. The molecule has 0 saturated heterocycles. The molecule has 0 spiro atoms. The van der Waals surface area contributed by atoms with Gasteiger partial charge in [-0.15, -0.1) is 0 Å². The van der Waals surface area contributed by atoms with Crippen molar-refractivity contribution < 1.29 is 14.3 Å². The van der Waals surface area contributed by atoms with Gasteiger partial charge in [-0.05, 0) is 37.1 Å². The highest BCUT2D eigenvalue weighted by Gasteiger charge is 2.15. The van der Waals surface area contributed by atoms with Crippen LogP contribution in [-0.2, 0) is 0 Å². The average molecular weight is 426 g/mol. The summed E-state index contributed by atoms with van der Waals surface area (Å²) in [6.45, 7) is 2.04. The first-order valence-corrected chi connectivity index (χ1v) is 9.95. The number of ether oxygens (including phenoxy) is 2. The monoisotopic (exact) mass is 426 g/mol. The number of primary amides is 1. The predicted octanol–water partition coefficient (Wildman–Crippen LogP) is 2.64. The fraction of sp³-hybridized carbons (Fsp3) is 0.167. The molecule has 4 N–H and O–H groups in total. The minimum absolute atomic E-state index is 0.191. The van der Waals surface area contributed by atoms with Gasteiger partial charge >= 0.3 is 6.03 Å². The van der Waals surface area contributed by atoms with E-state index in [1.807, 2.05) is 13.0 Å². The number of aryl methyl sites for hydroxylation is 1. The molecule has 0 fully saturated rings. The zero-order chi connectivity index (χ0) is 21.1. The number of benzene rings is 1. The Kier molecular flexibility index (Phi) is 5.39. The van der Waals surface area contributed by atoms with Crippen LogP contribution in [0.4, 0.5) is 16.4 Å². The maximum absolute atomic E-state index is 11.4. The van der Waals surface area contributed by atoms with Gasteiger partial charge in [-0.3, -0.25) is 0 Å². The summed E-state index contributed by atoms with van der Waals surface area (Å²) in [5.41, 5.74) is 7.80. The first-order valence-electron chi connectivity index (χ1n) is 8.77. The molecule has 30 heavy (non-hydrogen) atoms. The number of fused-ring (bicyclic) bond motifs is 1. The average Bonchev–Trinajstić information content (AvgIpc) is 3.36. The first kappa shape index (κ1) is 19.5. The van der Waals surface area contributed by atoms with Crippen molar-refractivity contribution in [2.45, 2.75) is 6.92 Å². The Morgan fingerprint density at radius 2 is 2.17 bits per heavy atom. The number of hydrazone groups is 1. The van der Waals surface area contributed by atoms with E-state index in [-0.39, 0.29) is 6.79 Å². The van der Waals surface area contributed by atoms with Gasteiger partial charge in [0, 0.05) is 18.0 Å². The number of hydrogen-bond acceptors (Lipinski definition) is 9. The molecule has 3 heterocycles. The molecule has 1 aliphatic rings. The number of amides is 2. The number of carbonyl (C=O) groups is 1. The summed E-state index contributed by atoms with van der Waals surface area (Å²) >= 11 is 1.08. The standard InChI is InChI=1S/C18H18N8O3S/c1-10-20-8-14(22-10)13-5-12(7-21-26(30-2)17(19)27)24-18(25-13)23-11-3-4-15-16(6-11)29-9-28-15/h3-8H,9H2,1-2H3,(H2,19,27)(H,20,22)(H,23,24,25)/b21-7+. The van der Waals surface area contributed by atoms with Crippen LogP contribution < -0.4 is 20.5 Å². The van der Waals surface area contributed by atoms with E-state index in [4.69, 9.17) is 15.2 Å². The van der Waals surface area contributed by atoms with Crippen LogP contribution in [0.2, 0.25) is 0 Å². The summed E-state index contributed by atoms with van der Waals surface area (Å²) in [6.07, 6.45) is 4.80. The summed E-state index contributed by atoms with van der Waals surface area (Å²) < 4.78 is 11.8. The van der Waals surface area contributed by atoms with Gasteiger partial charge in [-0.25, -0.2) is 19.7 Å². The number of H-pyrrole nitrogens is 1. The van der Waals surface area contributed by atoms with Gasteiger partial charge in [0.2, 0.25) is 12.7 Å². The van der Waals surface area contributed by atoms with E-state index in [2.05, 4.69) is 30.4 Å². The minimum Gasteiger partial charge on any atom is -0.454 e.